The molecule has 1 heterocycles. The number of benzene rings is 2. The topological polar surface area (TPSA) is 69.6 Å². The second-order valence-corrected chi connectivity index (χ2v) is 8.13. The lowest BCUT2D eigenvalue weighted by molar-refractivity contribution is -0.192. The van der Waals surface area contributed by atoms with Crippen molar-refractivity contribution in [3.8, 4) is 11.4 Å². The van der Waals surface area contributed by atoms with E-state index in [1.807, 2.05) is 54.2 Å². The minimum absolute atomic E-state index is 0.0787. The Bertz CT molecular complexity index is 1120. The predicted octanol–water partition coefficient (Wildman–Crippen LogP) is 5.41. The third-order valence-corrected chi connectivity index (χ3v) is 4.93. The normalized spacial score (nSPS) is 11.6. The monoisotopic (exact) mass is 528 g/mol. The summed E-state index contributed by atoms with van der Waals surface area (Å²) >= 11 is 0. The maximum atomic E-state index is 13.6. The first kappa shape index (κ1) is 29.6. The summed E-state index contributed by atoms with van der Waals surface area (Å²) in [5, 5.41) is 7.12. The van der Waals surface area contributed by atoms with Crippen molar-refractivity contribution in [2.24, 2.45) is 0 Å². The number of hydrogen-bond acceptors (Lipinski definition) is 5. The molecule has 3 aromatic rings. The Balaban J connectivity index is 0.000000604. The van der Waals surface area contributed by atoms with Crippen molar-refractivity contribution < 1.29 is 36.2 Å². The summed E-state index contributed by atoms with van der Waals surface area (Å²) in [4.78, 5) is 21.1. The van der Waals surface area contributed by atoms with Crippen LogP contribution in [0.2, 0.25) is 0 Å². The van der Waals surface area contributed by atoms with Crippen molar-refractivity contribution in [3.63, 3.8) is 0 Å². The lowest BCUT2D eigenvalue weighted by atomic mass is 10.1. The molecule has 0 spiro atoms. The van der Waals surface area contributed by atoms with Gasteiger partial charge in [0.15, 0.2) is 11.5 Å². The Labute approximate surface area is 210 Å². The zero-order chi connectivity index (χ0) is 27.6. The van der Waals surface area contributed by atoms with E-state index in [0.29, 0.717) is 31.6 Å². The van der Waals surface area contributed by atoms with Gasteiger partial charge < -0.3 is 14.9 Å². The van der Waals surface area contributed by atoms with Crippen LogP contribution in [0.5, 0.6) is 0 Å². The Kier molecular flexibility index (Phi) is 10.4. The summed E-state index contributed by atoms with van der Waals surface area (Å²) in [6.07, 6.45) is -8.92. The molecule has 0 aliphatic heterocycles. The van der Waals surface area contributed by atoms with Crippen molar-refractivity contribution in [1.29, 1.82) is 0 Å². The molecule has 0 atom stereocenters. The minimum Gasteiger partial charge on any atom is -0.475 e. The highest BCUT2D eigenvalue weighted by Crippen LogP contribution is 2.31. The average molecular weight is 528 g/mol. The maximum absolute atomic E-state index is 13.6. The molecule has 0 unspecified atom stereocenters. The molecule has 2 aromatic carbocycles. The number of carboxylic acid groups (broad SMARTS) is 1. The van der Waals surface area contributed by atoms with Gasteiger partial charge in [-0.25, -0.2) is 14.8 Å². The van der Waals surface area contributed by atoms with Crippen LogP contribution >= 0.6 is 0 Å². The van der Waals surface area contributed by atoms with Crippen LogP contribution in [-0.2, 0) is 17.4 Å². The molecule has 0 fully saturated rings. The first-order valence-corrected chi connectivity index (χ1v) is 11.0. The molecule has 37 heavy (non-hydrogen) atoms. The highest BCUT2D eigenvalue weighted by atomic mass is 19.4. The van der Waals surface area contributed by atoms with Gasteiger partial charge in [-0.15, -0.1) is 0 Å². The minimum atomic E-state index is -5.08. The number of aromatic nitrogens is 2. The van der Waals surface area contributed by atoms with Gasteiger partial charge in [0, 0.05) is 31.3 Å². The van der Waals surface area contributed by atoms with E-state index in [1.54, 1.807) is 30.3 Å². The molecular formula is C25H26F6N4O2. The highest BCUT2D eigenvalue weighted by Gasteiger charge is 2.38. The summed E-state index contributed by atoms with van der Waals surface area (Å²) < 4.78 is 72.5. The van der Waals surface area contributed by atoms with E-state index in [9.17, 15) is 26.3 Å². The molecule has 0 saturated heterocycles. The van der Waals surface area contributed by atoms with E-state index in [4.69, 9.17) is 9.90 Å². The van der Waals surface area contributed by atoms with Crippen molar-refractivity contribution in [2.45, 2.75) is 18.8 Å². The van der Waals surface area contributed by atoms with Crippen molar-refractivity contribution in [2.75, 3.05) is 38.6 Å². The molecule has 0 amide bonds. The number of anilines is 1. The van der Waals surface area contributed by atoms with E-state index in [2.05, 4.69) is 9.97 Å². The smallest absolute Gasteiger partial charge is 0.475 e. The van der Waals surface area contributed by atoms with Gasteiger partial charge in [-0.3, -0.25) is 0 Å². The second kappa shape index (κ2) is 13.0. The van der Waals surface area contributed by atoms with Gasteiger partial charge in [-0.2, -0.15) is 26.3 Å². The van der Waals surface area contributed by atoms with Gasteiger partial charge in [0.25, 0.3) is 0 Å². The lowest BCUT2D eigenvalue weighted by Gasteiger charge is -2.26. The summed E-state index contributed by atoms with van der Waals surface area (Å²) in [6, 6.07) is 19.7. The van der Waals surface area contributed by atoms with Crippen molar-refractivity contribution in [1.82, 2.24) is 14.9 Å². The molecule has 0 aliphatic carbocycles. The van der Waals surface area contributed by atoms with Gasteiger partial charge in [-0.1, -0.05) is 60.7 Å². The van der Waals surface area contributed by atoms with Crippen LogP contribution in [0, 0.1) is 0 Å². The van der Waals surface area contributed by atoms with Crippen LogP contribution in [0.3, 0.4) is 0 Å². The Morgan fingerprint density at radius 3 is 1.86 bits per heavy atom. The molecule has 1 N–H and O–H groups in total. The molecule has 1 aromatic heterocycles. The first-order chi connectivity index (χ1) is 17.3. The van der Waals surface area contributed by atoms with Crippen LogP contribution in [0.15, 0.2) is 66.7 Å². The molecule has 0 aliphatic rings. The number of carboxylic acids is 1. The number of aliphatic carboxylic acids is 1. The van der Waals surface area contributed by atoms with Gasteiger partial charge in [0.05, 0.1) is 0 Å². The number of alkyl halides is 6. The van der Waals surface area contributed by atoms with Gasteiger partial charge >= 0.3 is 18.3 Å². The molecular weight excluding hydrogens is 502 g/mol. The maximum Gasteiger partial charge on any atom is 0.490 e. The summed E-state index contributed by atoms with van der Waals surface area (Å²) in [6.45, 7) is 1.81. The number of halogens is 6. The van der Waals surface area contributed by atoms with Crippen molar-refractivity contribution >= 4 is 11.8 Å². The first-order valence-electron chi connectivity index (χ1n) is 11.0. The number of rotatable bonds is 8. The van der Waals surface area contributed by atoms with E-state index >= 15 is 0 Å². The molecule has 0 radical (unpaired) electrons. The summed E-state index contributed by atoms with van der Waals surface area (Å²) in [5.41, 5.74) is 0.752. The lowest BCUT2D eigenvalue weighted by Crippen LogP contribution is -2.34. The van der Waals surface area contributed by atoms with E-state index in [-0.39, 0.29) is 11.6 Å². The molecule has 0 saturated carbocycles. The third-order valence-electron chi connectivity index (χ3n) is 4.93. The zero-order valence-electron chi connectivity index (χ0n) is 20.1. The molecule has 12 heteroatoms. The molecule has 3 rings (SSSR count). The fraction of sp³-hybridized carbons (Fsp3) is 0.320. The number of hydrogen-bond donors (Lipinski definition) is 1. The van der Waals surface area contributed by atoms with Crippen LogP contribution in [0.1, 0.15) is 11.3 Å². The number of likely N-dealkylation sites (N-methyl/N-ethyl adjacent to an activating group) is 1. The Morgan fingerprint density at radius 1 is 0.838 bits per heavy atom. The van der Waals surface area contributed by atoms with E-state index in [0.717, 1.165) is 11.6 Å². The van der Waals surface area contributed by atoms with E-state index in [1.165, 1.54) is 0 Å². The summed E-state index contributed by atoms with van der Waals surface area (Å²) in [5.74, 6) is -2.39. The molecule has 0 bridgehead atoms. The standard InChI is InChI=1S/C23H25F3N4.C2HF3O2/c1-29(2)15-16-30(14-13-18-9-5-3-6-10-18)21-17-20(23(24,25)26)27-22(28-21)19-11-7-4-8-12-19;3-2(4,5)1(6)7/h3-12,17H,13-16H2,1-2H3;(H,6,7). The van der Waals surface area contributed by atoms with Crippen LogP contribution in [0.25, 0.3) is 11.4 Å². The molecule has 6 nitrogen and oxygen atoms in total. The van der Waals surface area contributed by atoms with Crippen molar-refractivity contribution in [3.05, 3.63) is 78.0 Å². The SMILES string of the molecule is CN(C)CCN(CCc1ccccc1)c1cc(C(F)(F)F)nc(-c2ccccc2)n1.O=C(O)C(F)(F)F. The Morgan fingerprint density at radius 2 is 1.38 bits per heavy atom. The van der Waals surface area contributed by atoms with Crippen LogP contribution in [0.4, 0.5) is 32.2 Å². The fourth-order valence-corrected chi connectivity index (χ4v) is 3.03. The van der Waals surface area contributed by atoms with Crippen LogP contribution in [-0.4, -0.2) is 65.8 Å². The average Bonchev–Trinajstić information content (AvgIpc) is 2.84. The van der Waals surface area contributed by atoms with Gasteiger partial charge in [0.1, 0.15) is 5.82 Å². The highest BCUT2D eigenvalue weighted by molar-refractivity contribution is 5.73. The number of carbonyl (C=O) groups is 1. The Hall–Kier alpha value is -3.67. The van der Waals surface area contributed by atoms with Crippen LogP contribution < -0.4 is 4.90 Å². The van der Waals surface area contributed by atoms with E-state index < -0.39 is 24.0 Å². The van der Waals surface area contributed by atoms with Gasteiger partial charge in [-0.05, 0) is 26.1 Å². The molecule has 200 valence electrons. The second-order valence-electron chi connectivity index (χ2n) is 8.13. The fourth-order valence-electron chi connectivity index (χ4n) is 3.03. The van der Waals surface area contributed by atoms with Gasteiger partial charge in [0.2, 0.25) is 0 Å². The zero-order valence-corrected chi connectivity index (χ0v) is 20.1. The number of nitrogens with zero attached hydrogens (tertiary/aromatic N) is 4. The summed E-state index contributed by atoms with van der Waals surface area (Å²) in [7, 11) is 3.87. The predicted molar refractivity (Wildman–Crippen MR) is 127 cm³/mol. The third kappa shape index (κ3) is 10.1. The quantitative estimate of drug-likeness (QED) is 0.395. The largest absolute Gasteiger partial charge is 0.490 e.